The quantitative estimate of drug-likeness (QED) is 0.432. The highest BCUT2D eigenvalue weighted by Gasteiger charge is 2.47. The normalized spacial score (nSPS) is 25.0. The van der Waals surface area contributed by atoms with Crippen LogP contribution < -0.4 is 0 Å². The summed E-state index contributed by atoms with van der Waals surface area (Å²) in [5, 5.41) is 28.9. The lowest BCUT2D eigenvalue weighted by Crippen LogP contribution is -2.55. The van der Waals surface area contributed by atoms with Crippen LogP contribution in [0, 0.1) is 11.6 Å². The van der Waals surface area contributed by atoms with Crippen molar-refractivity contribution in [3.8, 4) is 11.3 Å². The average molecular weight is 553 g/mol. The van der Waals surface area contributed by atoms with Gasteiger partial charge in [0.2, 0.25) is 0 Å². The Balaban J connectivity index is 1.67. The largest absolute Gasteiger partial charge is 0.394 e. The summed E-state index contributed by atoms with van der Waals surface area (Å²) in [7, 11) is 1.44. The number of methoxy groups -OCH3 is 1. The Morgan fingerprint density at radius 2 is 1.85 bits per heavy atom. The number of aliphatic hydroxyl groups is 2. The van der Waals surface area contributed by atoms with Gasteiger partial charge in [-0.2, -0.15) is 0 Å². The predicted molar refractivity (Wildman–Crippen MR) is 124 cm³/mol. The molecule has 0 radical (unpaired) electrons. The molecule has 1 fully saturated rings. The molecule has 34 heavy (non-hydrogen) atoms. The summed E-state index contributed by atoms with van der Waals surface area (Å²) in [6, 6.07) is 6.27. The number of benzene rings is 2. The molecule has 0 saturated carbocycles. The zero-order chi connectivity index (χ0) is 24.6. The Morgan fingerprint density at radius 1 is 1.15 bits per heavy atom. The van der Waals surface area contributed by atoms with Crippen molar-refractivity contribution in [1.82, 2.24) is 15.0 Å². The van der Waals surface area contributed by atoms with Gasteiger partial charge in [0.1, 0.15) is 52.1 Å². The molecule has 2 heterocycles. The van der Waals surface area contributed by atoms with Gasteiger partial charge in [0, 0.05) is 17.6 Å². The molecule has 0 aliphatic carbocycles. The van der Waals surface area contributed by atoms with Crippen LogP contribution in [0.1, 0.15) is 6.04 Å². The molecule has 13 heteroatoms. The van der Waals surface area contributed by atoms with Crippen molar-refractivity contribution in [2.75, 3.05) is 13.7 Å². The first-order valence-electron chi connectivity index (χ1n) is 9.89. The summed E-state index contributed by atoms with van der Waals surface area (Å²) < 4.78 is 40.7. The monoisotopic (exact) mass is 551 g/mol. The lowest BCUT2D eigenvalue weighted by Gasteiger charge is -2.43. The van der Waals surface area contributed by atoms with Crippen LogP contribution in [0.5, 0.6) is 0 Å². The third-order valence-corrected chi connectivity index (χ3v) is 7.57. The Kier molecular flexibility index (Phi) is 8.00. The number of nitrogens with zero attached hydrogens (tertiary/aromatic N) is 3. The van der Waals surface area contributed by atoms with E-state index in [9.17, 15) is 19.0 Å². The van der Waals surface area contributed by atoms with Crippen molar-refractivity contribution in [1.29, 1.82) is 0 Å². The summed E-state index contributed by atoms with van der Waals surface area (Å²) in [4.78, 5) is 0.722. The first-order valence-corrected chi connectivity index (χ1v) is 11.9. The Hall–Kier alpha value is -1.50. The van der Waals surface area contributed by atoms with Gasteiger partial charge in [-0.05, 0) is 30.3 Å². The minimum absolute atomic E-state index is 0.113. The van der Waals surface area contributed by atoms with Crippen molar-refractivity contribution in [2.24, 2.45) is 0 Å². The summed E-state index contributed by atoms with van der Waals surface area (Å²) in [5.74, 6) is -1.88. The van der Waals surface area contributed by atoms with Crippen molar-refractivity contribution in [2.45, 2.75) is 34.7 Å². The van der Waals surface area contributed by atoms with Gasteiger partial charge in [-0.3, -0.25) is 0 Å². The molecule has 0 bridgehead atoms. The first kappa shape index (κ1) is 25.6. The fraction of sp³-hybridized carbons (Fsp3) is 0.333. The van der Waals surface area contributed by atoms with Gasteiger partial charge in [0.05, 0.1) is 22.8 Å². The second-order valence-electron chi connectivity index (χ2n) is 7.44. The summed E-state index contributed by atoms with van der Waals surface area (Å²) >= 11 is 18.9. The summed E-state index contributed by atoms with van der Waals surface area (Å²) in [6.07, 6.45) is -1.53. The van der Waals surface area contributed by atoms with Crippen molar-refractivity contribution in [3.63, 3.8) is 0 Å². The molecular formula is C21H18Cl3F2N3O4S. The molecule has 0 amide bonds. The van der Waals surface area contributed by atoms with Crippen LogP contribution in [0.15, 0.2) is 41.4 Å². The van der Waals surface area contributed by atoms with Crippen LogP contribution in [0.25, 0.3) is 11.3 Å². The SMILES string of the molecule is COC1C(Sc2ccc(Cl)c(Cl)c2)OC(CO)C(O)C1n1cc(-c2cc(F)c(Cl)c(F)c2)nn1. The molecule has 2 N–H and O–H groups in total. The van der Waals surface area contributed by atoms with Gasteiger partial charge in [0.25, 0.3) is 0 Å². The predicted octanol–water partition coefficient (Wildman–Crippen LogP) is 4.61. The van der Waals surface area contributed by atoms with Crippen LogP contribution in [0.2, 0.25) is 15.1 Å². The van der Waals surface area contributed by atoms with Gasteiger partial charge in [-0.25, -0.2) is 13.5 Å². The highest BCUT2D eigenvalue weighted by Crippen LogP contribution is 2.41. The number of hydrogen-bond donors (Lipinski definition) is 2. The molecule has 182 valence electrons. The Bertz CT molecular complexity index is 1160. The third kappa shape index (κ3) is 5.05. The smallest absolute Gasteiger partial charge is 0.145 e. The molecule has 2 aromatic carbocycles. The van der Waals surface area contributed by atoms with Crippen LogP contribution >= 0.6 is 46.6 Å². The molecule has 1 aliphatic rings. The number of rotatable bonds is 6. The molecular weight excluding hydrogens is 535 g/mol. The van der Waals surface area contributed by atoms with E-state index in [2.05, 4.69) is 10.3 Å². The van der Waals surface area contributed by atoms with E-state index in [4.69, 9.17) is 44.3 Å². The number of ether oxygens (including phenoxy) is 2. The molecule has 5 atom stereocenters. The van der Waals surface area contributed by atoms with Gasteiger partial charge in [-0.1, -0.05) is 51.8 Å². The maximum Gasteiger partial charge on any atom is 0.145 e. The molecule has 1 aromatic heterocycles. The van der Waals surface area contributed by atoms with Crippen LogP contribution in [-0.2, 0) is 9.47 Å². The van der Waals surface area contributed by atoms with E-state index in [0.717, 1.165) is 17.0 Å². The number of thioether (sulfide) groups is 1. The van der Waals surface area contributed by atoms with E-state index < -0.39 is 53.1 Å². The third-order valence-electron chi connectivity index (χ3n) is 5.34. The van der Waals surface area contributed by atoms with Crippen molar-refractivity contribution < 1.29 is 28.5 Å². The molecule has 5 unspecified atom stereocenters. The topological polar surface area (TPSA) is 89.6 Å². The van der Waals surface area contributed by atoms with Gasteiger partial charge < -0.3 is 19.7 Å². The van der Waals surface area contributed by atoms with E-state index in [0.29, 0.717) is 10.0 Å². The zero-order valence-corrected chi connectivity index (χ0v) is 20.5. The van der Waals surface area contributed by atoms with E-state index in [-0.39, 0.29) is 11.3 Å². The first-order chi connectivity index (χ1) is 16.2. The van der Waals surface area contributed by atoms with Crippen LogP contribution in [-0.4, -0.2) is 62.7 Å². The minimum Gasteiger partial charge on any atom is -0.394 e. The number of aliphatic hydroxyl groups excluding tert-OH is 2. The van der Waals surface area contributed by atoms with Gasteiger partial charge >= 0.3 is 0 Å². The molecule has 3 aromatic rings. The highest BCUT2D eigenvalue weighted by molar-refractivity contribution is 7.99. The summed E-state index contributed by atoms with van der Waals surface area (Å²) in [5.41, 5.74) is -0.426. The standard InChI is InChI=1S/C21H18Cl3F2N3O4S/c1-32-20-18(29-7-15(27-28-29)9-4-13(25)17(24)14(26)5-9)19(31)16(8-30)33-21(20)34-10-2-3-11(22)12(23)6-10/h2-7,16,18-21,30-31H,8H2,1H3. The lowest BCUT2D eigenvalue weighted by atomic mass is 9.97. The maximum atomic E-state index is 13.9. The maximum absolute atomic E-state index is 13.9. The number of hydrogen-bond acceptors (Lipinski definition) is 7. The molecule has 0 spiro atoms. The van der Waals surface area contributed by atoms with Crippen LogP contribution in [0.3, 0.4) is 0 Å². The molecule has 7 nitrogen and oxygen atoms in total. The van der Waals surface area contributed by atoms with Gasteiger partial charge in [0.15, 0.2) is 0 Å². The van der Waals surface area contributed by atoms with Crippen molar-refractivity contribution >= 4 is 46.6 Å². The van der Waals surface area contributed by atoms with E-state index in [1.807, 2.05) is 0 Å². The van der Waals surface area contributed by atoms with E-state index >= 15 is 0 Å². The minimum atomic E-state index is -1.23. The summed E-state index contributed by atoms with van der Waals surface area (Å²) in [6.45, 7) is -0.471. The fourth-order valence-electron chi connectivity index (χ4n) is 3.65. The van der Waals surface area contributed by atoms with Crippen LogP contribution in [0.4, 0.5) is 8.78 Å². The Labute approximate surface area is 212 Å². The average Bonchev–Trinajstić information content (AvgIpc) is 3.30. The molecule has 1 aliphatic heterocycles. The van der Waals surface area contributed by atoms with E-state index in [1.54, 1.807) is 18.2 Å². The molecule has 4 rings (SSSR count). The van der Waals surface area contributed by atoms with Crippen molar-refractivity contribution in [3.05, 3.63) is 63.2 Å². The highest BCUT2D eigenvalue weighted by atomic mass is 35.5. The molecule has 1 saturated heterocycles. The zero-order valence-electron chi connectivity index (χ0n) is 17.4. The number of halogens is 5. The Morgan fingerprint density at radius 3 is 2.47 bits per heavy atom. The number of aromatic nitrogens is 3. The second-order valence-corrected chi connectivity index (χ2v) is 9.80. The van der Waals surface area contributed by atoms with Gasteiger partial charge in [-0.15, -0.1) is 5.10 Å². The lowest BCUT2D eigenvalue weighted by molar-refractivity contribution is -0.186. The second kappa shape index (κ2) is 10.6. The fourth-order valence-corrected chi connectivity index (χ4v) is 5.33. The van der Waals surface area contributed by atoms with E-state index in [1.165, 1.54) is 29.8 Å².